The zero-order valence-corrected chi connectivity index (χ0v) is 14.8. The van der Waals surface area contributed by atoms with Gasteiger partial charge in [0.1, 0.15) is 0 Å². The molecule has 0 spiro atoms. The fourth-order valence-electron chi connectivity index (χ4n) is 3.19. The van der Waals surface area contributed by atoms with Gasteiger partial charge in [-0.3, -0.25) is 9.89 Å². The summed E-state index contributed by atoms with van der Waals surface area (Å²) in [4.78, 5) is 6.80. The number of rotatable bonds is 8. The lowest BCUT2D eigenvalue weighted by Crippen LogP contribution is -2.39. The molecule has 1 heterocycles. The molecule has 0 radical (unpaired) electrons. The van der Waals surface area contributed by atoms with E-state index in [4.69, 9.17) is 4.74 Å². The highest BCUT2D eigenvalue weighted by molar-refractivity contribution is 5.79. The fourth-order valence-corrected chi connectivity index (χ4v) is 3.19. The van der Waals surface area contributed by atoms with E-state index >= 15 is 0 Å². The van der Waals surface area contributed by atoms with Gasteiger partial charge in [-0.1, -0.05) is 11.6 Å². The summed E-state index contributed by atoms with van der Waals surface area (Å²) in [6, 6.07) is 0. The summed E-state index contributed by atoms with van der Waals surface area (Å²) in [7, 11) is 1.85. The minimum absolute atomic E-state index is 0.894. The lowest BCUT2D eigenvalue weighted by atomic mass is 9.97. The zero-order valence-electron chi connectivity index (χ0n) is 14.8. The SMILES string of the molecule is CN=C(NCCCCN1CCOCC1)NCCC1=CCCCC1. The van der Waals surface area contributed by atoms with Crippen LogP contribution in [0.3, 0.4) is 0 Å². The molecule has 2 rings (SSSR count). The van der Waals surface area contributed by atoms with Crippen LogP contribution < -0.4 is 10.6 Å². The molecule has 0 atom stereocenters. The Labute approximate surface area is 141 Å². The third-order valence-electron chi connectivity index (χ3n) is 4.64. The van der Waals surface area contributed by atoms with Crippen molar-refractivity contribution in [3.05, 3.63) is 11.6 Å². The summed E-state index contributed by atoms with van der Waals surface area (Å²) in [5, 5.41) is 6.85. The number of nitrogens with one attached hydrogen (secondary N) is 2. The number of guanidine groups is 1. The Kier molecular flexibility index (Phi) is 9.11. The number of morpholine rings is 1. The van der Waals surface area contributed by atoms with E-state index in [9.17, 15) is 0 Å². The van der Waals surface area contributed by atoms with Crippen LogP contribution >= 0.6 is 0 Å². The summed E-state index contributed by atoms with van der Waals surface area (Å²) in [5.41, 5.74) is 1.62. The van der Waals surface area contributed by atoms with E-state index in [1.54, 1.807) is 5.57 Å². The molecular weight excluding hydrogens is 288 g/mol. The molecule has 1 aliphatic heterocycles. The van der Waals surface area contributed by atoms with Crippen molar-refractivity contribution < 1.29 is 4.74 Å². The van der Waals surface area contributed by atoms with Crippen molar-refractivity contribution in [3.63, 3.8) is 0 Å². The van der Waals surface area contributed by atoms with Crippen molar-refractivity contribution in [2.45, 2.75) is 44.9 Å². The van der Waals surface area contributed by atoms with Gasteiger partial charge in [0, 0.05) is 33.2 Å². The highest BCUT2D eigenvalue weighted by Crippen LogP contribution is 2.19. The third kappa shape index (κ3) is 7.84. The Morgan fingerprint density at radius 1 is 1.17 bits per heavy atom. The van der Waals surface area contributed by atoms with Crippen molar-refractivity contribution >= 4 is 5.96 Å². The van der Waals surface area contributed by atoms with Gasteiger partial charge in [0.15, 0.2) is 5.96 Å². The number of allylic oxidation sites excluding steroid dienone is 1. The molecule has 0 bridgehead atoms. The van der Waals surface area contributed by atoms with Crippen LogP contribution in [0.25, 0.3) is 0 Å². The van der Waals surface area contributed by atoms with Crippen LogP contribution in [0.1, 0.15) is 44.9 Å². The predicted molar refractivity (Wildman–Crippen MR) is 97.0 cm³/mol. The maximum absolute atomic E-state index is 5.37. The normalized spacial score (nSPS) is 20.2. The summed E-state index contributed by atoms with van der Waals surface area (Å²) in [6.07, 6.45) is 11.3. The van der Waals surface area contributed by atoms with Crippen molar-refractivity contribution in [2.75, 3.05) is 53.0 Å². The molecule has 0 aromatic heterocycles. The molecule has 2 aliphatic rings. The molecule has 0 amide bonds. The van der Waals surface area contributed by atoms with Crippen molar-refractivity contribution in [2.24, 2.45) is 4.99 Å². The van der Waals surface area contributed by atoms with E-state index in [0.717, 1.165) is 51.8 Å². The topological polar surface area (TPSA) is 48.9 Å². The Morgan fingerprint density at radius 2 is 2.00 bits per heavy atom. The summed E-state index contributed by atoms with van der Waals surface area (Å²) in [6.45, 7) is 7.13. The Morgan fingerprint density at radius 3 is 2.74 bits per heavy atom. The summed E-state index contributed by atoms with van der Waals surface area (Å²) >= 11 is 0. The van der Waals surface area contributed by atoms with Crippen LogP contribution in [-0.2, 0) is 4.74 Å². The number of unbranched alkanes of at least 4 members (excludes halogenated alkanes) is 1. The first-order chi connectivity index (χ1) is 11.4. The Hall–Kier alpha value is -1.07. The first kappa shape index (κ1) is 18.3. The standard InChI is InChI=1S/C18H34N4O/c1-19-18(21-11-9-17-7-3-2-4-8-17)20-10-5-6-12-22-13-15-23-16-14-22/h7H,2-6,8-16H2,1H3,(H2,19,20,21). The lowest BCUT2D eigenvalue weighted by molar-refractivity contribution is 0.0372. The van der Waals surface area contributed by atoms with Crippen LogP contribution in [0.4, 0.5) is 0 Å². The molecule has 0 saturated carbocycles. The Balaban J connectivity index is 1.48. The highest BCUT2D eigenvalue weighted by Gasteiger charge is 2.09. The van der Waals surface area contributed by atoms with Gasteiger partial charge in [0.2, 0.25) is 0 Å². The molecule has 132 valence electrons. The highest BCUT2D eigenvalue weighted by atomic mass is 16.5. The van der Waals surface area contributed by atoms with Gasteiger partial charge in [0.05, 0.1) is 13.2 Å². The van der Waals surface area contributed by atoms with E-state index in [2.05, 4.69) is 26.6 Å². The largest absolute Gasteiger partial charge is 0.379 e. The molecular formula is C18H34N4O. The number of aliphatic imine (C=N–C) groups is 1. The number of ether oxygens (including phenoxy) is 1. The number of hydrogen-bond acceptors (Lipinski definition) is 3. The Bertz CT molecular complexity index is 375. The van der Waals surface area contributed by atoms with Gasteiger partial charge in [-0.25, -0.2) is 0 Å². The van der Waals surface area contributed by atoms with Crippen LogP contribution in [0, 0.1) is 0 Å². The van der Waals surface area contributed by atoms with E-state index < -0.39 is 0 Å². The number of hydrogen-bond donors (Lipinski definition) is 2. The minimum Gasteiger partial charge on any atom is -0.379 e. The summed E-state index contributed by atoms with van der Waals surface area (Å²) in [5.74, 6) is 0.938. The maximum Gasteiger partial charge on any atom is 0.190 e. The fraction of sp³-hybridized carbons (Fsp3) is 0.833. The quantitative estimate of drug-likeness (QED) is 0.311. The maximum atomic E-state index is 5.37. The molecule has 0 aromatic carbocycles. The third-order valence-corrected chi connectivity index (χ3v) is 4.64. The van der Waals surface area contributed by atoms with Crippen LogP contribution in [0.2, 0.25) is 0 Å². The smallest absolute Gasteiger partial charge is 0.190 e. The molecule has 5 heteroatoms. The van der Waals surface area contributed by atoms with Gasteiger partial charge in [-0.15, -0.1) is 0 Å². The van der Waals surface area contributed by atoms with E-state index in [-0.39, 0.29) is 0 Å². The van der Waals surface area contributed by atoms with Crippen LogP contribution in [-0.4, -0.2) is 63.8 Å². The van der Waals surface area contributed by atoms with Gasteiger partial charge >= 0.3 is 0 Å². The molecule has 0 unspecified atom stereocenters. The average Bonchev–Trinajstić information content (AvgIpc) is 2.61. The second-order valence-electron chi connectivity index (χ2n) is 6.45. The lowest BCUT2D eigenvalue weighted by Gasteiger charge is -2.26. The zero-order chi connectivity index (χ0) is 16.2. The molecule has 5 nitrogen and oxygen atoms in total. The second kappa shape index (κ2) is 11.5. The molecule has 2 N–H and O–H groups in total. The van der Waals surface area contributed by atoms with Crippen molar-refractivity contribution in [1.82, 2.24) is 15.5 Å². The first-order valence-electron chi connectivity index (χ1n) is 9.31. The number of nitrogens with zero attached hydrogens (tertiary/aromatic N) is 2. The van der Waals surface area contributed by atoms with Crippen LogP contribution in [0.15, 0.2) is 16.6 Å². The molecule has 1 fully saturated rings. The van der Waals surface area contributed by atoms with Gasteiger partial charge in [-0.05, 0) is 51.5 Å². The van der Waals surface area contributed by atoms with Gasteiger partial charge in [0.25, 0.3) is 0 Å². The predicted octanol–water partition coefficient (Wildman–Crippen LogP) is 2.15. The average molecular weight is 322 g/mol. The second-order valence-corrected chi connectivity index (χ2v) is 6.45. The van der Waals surface area contributed by atoms with E-state index in [1.165, 1.54) is 45.1 Å². The van der Waals surface area contributed by atoms with Crippen molar-refractivity contribution in [3.8, 4) is 0 Å². The van der Waals surface area contributed by atoms with E-state index in [1.807, 2.05) is 7.05 Å². The van der Waals surface area contributed by atoms with Crippen LogP contribution in [0.5, 0.6) is 0 Å². The molecule has 23 heavy (non-hydrogen) atoms. The minimum atomic E-state index is 0.894. The molecule has 1 saturated heterocycles. The van der Waals surface area contributed by atoms with Gasteiger partial charge in [-0.2, -0.15) is 0 Å². The molecule has 0 aromatic rings. The first-order valence-corrected chi connectivity index (χ1v) is 9.31. The van der Waals surface area contributed by atoms with E-state index in [0.29, 0.717) is 0 Å². The molecule has 1 aliphatic carbocycles. The monoisotopic (exact) mass is 322 g/mol. The van der Waals surface area contributed by atoms with Crippen molar-refractivity contribution in [1.29, 1.82) is 0 Å². The van der Waals surface area contributed by atoms with Gasteiger partial charge < -0.3 is 15.4 Å². The summed E-state index contributed by atoms with van der Waals surface area (Å²) < 4.78 is 5.37.